The highest BCUT2D eigenvalue weighted by Crippen LogP contribution is 2.28. The Labute approximate surface area is 222 Å². The van der Waals surface area contributed by atoms with E-state index >= 15 is 0 Å². The molecule has 0 aliphatic carbocycles. The van der Waals surface area contributed by atoms with Crippen molar-refractivity contribution in [2.75, 3.05) is 60.0 Å². The van der Waals surface area contributed by atoms with Crippen LogP contribution in [-0.4, -0.2) is 104 Å². The number of likely N-dealkylation sites (tertiary alicyclic amines) is 1. The molecule has 8 heteroatoms. The molecule has 1 aromatic carbocycles. The lowest BCUT2D eigenvalue weighted by atomic mass is 9.90. The Hall–Kier alpha value is -2.16. The van der Waals surface area contributed by atoms with Gasteiger partial charge < -0.3 is 19.3 Å². The van der Waals surface area contributed by atoms with Gasteiger partial charge in [-0.3, -0.25) is 14.6 Å². The van der Waals surface area contributed by atoms with Gasteiger partial charge >= 0.3 is 12.1 Å². The number of piperidine rings is 1. The molecule has 37 heavy (non-hydrogen) atoms. The molecule has 8 nitrogen and oxygen atoms in total. The van der Waals surface area contributed by atoms with Crippen molar-refractivity contribution in [3.8, 4) is 0 Å². The van der Waals surface area contributed by atoms with Crippen molar-refractivity contribution in [3.63, 3.8) is 0 Å². The predicted molar refractivity (Wildman–Crippen MR) is 144 cm³/mol. The number of amides is 1. The number of likely N-dealkylation sites (N-methyl/N-ethyl adjacent to an activating group) is 1. The predicted octanol–water partition coefficient (Wildman–Crippen LogP) is 3.81. The summed E-state index contributed by atoms with van der Waals surface area (Å²) in [6, 6.07) is 10.9. The molecular weight excluding hydrogens is 468 g/mol. The van der Waals surface area contributed by atoms with Crippen molar-refractivity contribution in [1.29, 1.82) is 0 Å². The molecule has 4 rings (SSSR count). The molecule has 0 N–H and O–H groups in total. The number of methoxy groups -OCH3 is 1. The van der Waals surface area contributed by atoms with Crippen molar-refractivity contribution < 1.29 is 19.1 Å². The fourth-order valence-corrected chi connectivity index (χ4v) is 6.10. The first-order chi connectivity index (χ1) is 18.0. The summed E-state index contributed by atoms with van der Waals surface area (Å²) in [5, 5.41) is 0. The number of esters is 1. The van der Waals surface area contributed by atoms with Gasteiger partial charge in [0.05, 0.1) is 13.2 Å². The lowest BCUT2D eigenvalue weighted by molar-refractivity contribution is -0.140. The minimum Gasteiger partial charge on any atom is -0.469 e. The molecule has 3 heterocycles. The maximum absolute atomic E-state index is 12.4. The topological polar surface area (TPSA) is 65.6 Å². The summed E-state index contributed by atoms with van der Waals surface area (Å²) >= 11 is 0. The molecule has 1 aromatic rings. The largest absolute Gasteiger partial charge is 0.469 e. The second-order valence-corrected chi connectivity index (χ2v) is 11.0. The van der Waals surface area contributed by atoms with Crippen LogP contribution in [0.4, 0.5) is 4.79 Å². The van der Waals surface area contributed by atoms with Crippen LogP contribution in [0.3, 0.4) is 0 Å². The zero-order valence-electron chi connectivity index (χ0n) is 22.9. The number of unbranched alkanes of at least 4 members (excludes halogenated alkanes) is 1. The number of ether oxygens (including phenoxy) is 2. The Morgan fingerprint density at radius 3 is 2.35 bits per heavy atom. The first-order valence-corrected chi connectivity index (χ1v) is 14.3. The molecule has 0 saturated carbocycles. The van der Waals surface area contributed by atoms with Crippen molar-refractivity contribution in [3.05, 3.63) is 35.9 Å². The molecule has 0 bridgehead atoms. The number of piperazine rings is 1. The number of rotatable bonds is 12. The number of cyclic esters (lactones) is 1. The lowest BCUT2D eigenvalue weighted by Gasteiger charge is -2.38. The van der Waals surface area contributed by atoms with Crippen molar-refractivity contribution in [1.82, 2.24) is 19.6 Å². The summed E-state index contributed by atoms with van der Waals surface area (Å²) < 4.78 is 10.6. The maximum Gasteiger partial charge on any atom is 0.411 e. The number of hydrogen-bond acceptors (Lipinski definition) is 7. The molecule has 3 aliphatic rings. The number of carbonyl (C=O) groups excluding carboxylic acids is 2. The van der Waals surface area contributed by atoms with Gasteiger partial charge in [-0.2, -0.15) is 0 Å². The lowest BCUT2D eigenvalue weighted by Crippen LogP contribution is -2.54. The first kappa shape index (κ1) is 27.9. The van der Waals surface area contributed by atoms with Crippen LogP contribution >= 0.6 is 0 Å². The Kier molecular flexibility index (Phi) is 10.6. The van der Waals surface area contributed by atoms with E-state index in [9.17, 15) is 9.59 Å². The van der Waals surface area contributed by atoms with Crippen molar-refractivity contribution in [2.45, 2.75) is 70.2 Å². The van der Waals surface area contributed by atoms with E-state index in [4.69, 9.17) is 9.47 Å². The van der Waals surface area contributed by atoms with Crippen LogP contribution in [0.2, 0.25) is 0 Å². The third-order valence-electron chi connectivity index (χ3n) is 8.50. The third-order valence-corrected chi connectivity index (χ3v) is 8.50. The smallest absolute Gasteiger partial charge is 0.411 e. The number of carbonyl (C=O) groups is 2. The Balaban J connectivity index is 1.13. The Bertz CT molecular complexity index is 838. The average Bonchev–Trinajstić information content (AvgIpc) is 3.21. The maximum atomic E-state index is 12.4. The molecule has 0 aromatic heterocycles. The van der Waals surface area contributed by atoms with Crippen LogP contribution in [0.1, 0.15) is 56.9 Å². The van der Waals surface area contributed by atoms with Gasteiger partial charge in [-0.15, -0.1) is 0 Å². The fourth-order valence-electron chi connectivity index (χ4n) is 6.10. The van der Waals surface area contributed by atoms with Crippen LogP contribution in [-0.2, 0) is 20.8 Å². The minimum absolute atomic E-state index is 0.131. The van der Waals surface area contributed by atoms with E-state index in [-0.39, 0.29) is 24.3 Å². The van der Waals surface area contributed by atoms with Crippen LogP contribution in [0.25, 0.3) is 0 Å². The van der Waals surface area contributed by atoms with E-state index < -0.39 is 0 Å². The summed E-state index contributed by atoms with van der Waals surface area (Å²) in [6.45, 7) is 8.03. The zero-order valence-corrected chi connectivity index (χ0v) is 22.9. The molecule has 3 aliphatic heterocycles. The van der Waals surface area contributed by atoms with Gasteiger partial charge in [0, 0.05) is 46.2 Å². The van der Waals surface area contributed by atoms with Crippen LogP contribution in [0.15, 0.2) is 30.3 Å². The van der Waals surface area contributed by atoms with E-state index in [1.165, 1.54) is 51.4 Å². The van der Waals surface area contributed by atoms with Gasteiger partial charge in [0.1, 0.15) is 0 Å². The zero-order chi connectivity index (χ0) is 26.0. The highest BCUT2D eigenvalue weighted by Gasteiger charge is 2.43. The Morgan fingerprint density at radius 2 is 1.65 bits per heavy atom. The summed E-state index contributed by atoms with van der Waals surface area (Å²) in [5.41, 5.74) is 1.41. The monoisotopic (exact) mass is 514 g/mol. The van der Waals surface area contributed by atoms with Crippen LogP contribution in [0, 0.1) is 5.92 Å². The van der Waals surface area contributed by atoms with Gasteiger partial charge in [0.15, 0.2) is 6.23 Å². The minimum atomic E-state index is -0.193. The Morgan fingerprint density at radius 1 is 0.946 bits per heavy atom. The van der Waals surface area contributed by atoms with Crippen molar-refractivity contribution >= 4 is 12.1 Å². The summed E-state index contributed by atoms with van der Waals surface area (Å²) in [4.78, 5) is 32.9. The van der Waals surface area contributed by atoms with E-state index in [0.717, 1.165) is 64.4 Å². The fraction of sp³-hybridized carbons (Fsp3) is 0.724. The first-order valence-electron chi connectivity index (χ1n) is 14.3. The molecule has 3 fully saturated rings. The van der Waals surface area contributed by atoms with Gasteiger partial charge in [0.2, 0.25) is 0 Å². The van der Waals surface area contributed by atoms with E-state index in [0.29, 0.717) is 6.42 Å². The van der Waals surface area contributed by atoms with Gasteiger partial charge in [-0.05, 0) is 56.8 Å². The van der Waals surface area contributed by atoms with Crippen LogP contribution in [0.5, 0.6) is 0 Å². The average molecular weight is 515 g/mol. The normalized spacial score (nSPS) is 24.4. The molecule has 0 spiro atoms. The van der Waals surface area contributed by atoms with Crippen LogP contribution < -0.4 is 0 Å². The second-order valence-electron chi connectivity index (χ2n) is 11.0. The summed E-state index contributed by atoms with van der Waals surface area (Å²) in [6.07, 6.45) is 8.20. The van der Waals surface area contributed by atoms with E-state index in [1.807, 2.05) is 11.9 Å². The number of benzene rings is 1. The van der Waals surface area contributed by atoms with E-state index in [1.54, 1.807) is 0 Å². The standard InChI is InChI=1S/C29H46N4O4/c1-30-26(12-7-6-9-24-14-17-32(18-15-24)23-25-10-4-3-5-11-25)28(37-29(30)35)33-21-19-31(20-22-33)16-8-13-27(34)36-2/h3-5,10-11,24,26,28H,6-9,12-23H2,1-2H3. The molecule has 0 radical (unpaired) electrons. The quantitative estimate of drug-likeness (QED) is 0.310. The highest BCUT2D eigenvalue weighted by molar-refractivity contribution is 5.70. The van der Waals surface area contributed by atoms with Crippen molar-refractivity contribution in [2.24, 2.45) is 5.92 Å². The summed E-state index contributed by atoms with van der Waals surface area (Å²) in [5.74, 6) is 0.685. The number of nitrogens with zero attached hydrogens (tertiary/aromatic N) is 4. The van der Waals surface area contributed by atoms with E-state index in [2.05, 4.69) is 45.0 Å². The molecule has 206 valence electrons. The molecule has 2 atom stereocenters. The SMILES string of the molecule is COC(=O)CCCN1CCN(C2OC(=O)N(C)C2CCCCC2CCN(Cc3ccccc3)CC2)CC1. The number of hydrogen-bond donors (Lipinski definition) is 0. The third kappa shape index (κ3) is 8.16. The van der Waals surface area contributed by atoms with Gasteiger partial charge in [-0.1, -0.05) is 49.6 Å². The molecule has 3 saturated heterocycles. The highest BCUT2D eigenvalue weighted by atomic mass is 16.6. The van der Waals surface area contributed by atoms with Gasteiger partial charge in [0.25, 0.3) is 0 Å². The summed E-state index contributed by atoms with van der Waals surface area (Å²) in [7, 11) is 3.33. The molecular formula is C29H46N4O4. The van der Waals surface area contributed by atoms with Gasteiger partial charge in [-0.25, -0.2) is 4.79 Å². The molecule has 1 amide bonds. The molecule has 2 unspecified atom stereocenters. The second kappa shape index (κ2) is 14.1.